The Kier molecular flexibility index (Phi) is 10.1. The van der Waals surface area contributed by atoms with E-state index in [1.165, 1.54) is 0 Å². The molecule has 2 N–H and O–H groups in total. The maximum Gasteiger partial charge on any atom is 0.0723 e. The van der Waals surface area contributed by atoms with E-state index in [0.717, 1.165) is 25.7 Å². The van der Waals surface area contributed by atoms with E-state index in [9.17, 15) is 10.2 Å². The molecular formula is C14H24O2. The molecule has 0 bridgehead atoms. The van der Waals surface area contributed by atoms with Crippen LogP contribution in [0.3, 0.4) is 0 Å². The molecule has 0 radical (unpaired) electrons. The van der Waals surface area contributed by atoms with Crippen molar-refractivity contribution in [2.75, 3.05) is 0 Å². The Morgan fingerprint density at radius 1 is 0.750 bits per heavy atom. The molecule has 0 amide bonds. The quantitative estimate of drug-likeness (QED) is 0.622. The molecule has 0 aliphatic rings. The van der Waals surface area contributed by atoms with Gasteiger partial charge in [0.25, 0.3) is 0 Å². The summed E-state index contributed by atoms with van der Waals surface area (Å²) in [6.45, 7) is 4.09. The first-order chi connectivity index (χ1) is 7.70. The van der Waals surface area contributed by atoms with Gasteiger partial charge in [0.1, 0.15) is 0 Å². The maximum absolute atomic E-state index is 9.39. The van der Waals surface area contributed by atoms with Crippen molar-refractivity contribution in [1.29, 1.82) is 0 Å². The lowest BCUT2D eigenvalue weighted by atomic mass is 10.2. The summed E-state index contributed by atoms with van der Waals surface area (Å²) in [7, 11) is 0. The van der Waals surface area contributed by atoms with Crippen LogP contribution in [0.1, 0.15) is 39.5 Å². The fourth-order valence-electron chi connectivity index (χ4n) is 1.30. The van der Waals surface area contributed by atoms with E-state index in [1.807, 2.05) is 38.2 Å². The smallest absolute Gasteiger partial charge is 0.0723 e. The second-order valence-electron chi connectivity index (χ2n) is 3.87. The number of aliphatic hydroxyl groups excluding tert-OH is 2. The van der Waals surface area contributed by atoms with Gasteiger partial charge in [0, 0.05) is 0 Å². The summed E-state index contributed by atoms with van der Waals surface area (Å²) in [5, 5.41) is 18.8. The number of rotatable bonds is 8. The molecule has 2 heteroatoms. The highest BCUT2D eigenvalue weighted by Crippen LogP contribution is 1.99. The van der Waals surface area contributed by atoms with Gasteiger partial charge in [-0.05, 0) is 12.8 Å². The van der Waals surface area contributed by atoms with Gasteiger partial charge in [0.15, 0.2) is 0 Å². The zero-order chi connectivity index (χ0) is 12.2. The van der Waals surface area contributed by atoms with Gasteiger partial charge < -0.3 is 10.2 Å². The fourth-order valence-corrected chi connectivity index (χ4v) is 1.30. The Bertz CT molecular complexity index is 205. The van der Waals surface area contributed by atoms with E-state index in [2.05, 4.69) is 0 Å². The molecule has 0 rings (SSSR count). The average Bonchev–Trinajstić information content (AvgIpc) is 2.24. The third-order valence-corrected chi connectivity index (χ3v) is 2.17. The third kappa shape index (κ3) is 9.69. The van der Waals surface area contributed by atoms with E-state index < -0.39 is 0 Å². The van der Waals surface area contributed by atoms with Crippen molar-refractivity contribution < 1.29 is 10.2 Å². The molecule has 0 unspecified atom stereocenters. The summed E-state index contributed by atoms with van der Waals surface area (Å²) in [6, 6.07) is 0. The van der Waals surface area contributed by atoms with Gasteiger partial charge >= 0.3 is 0 Å². The van der Waals surface area contributed by atoms with E-state index >= 15 is 0 Å². The molecule has 0 saturated heterocycles. The standard InChI is InChI=1S/C14H24O2/c1-3-9-13(15)11-7-5-6-8-12-14(16)10-4-2/h5-8,11-16H,3-4,9-10H2,1-2H3/b6-5-,11-7+,12-8+/t13-,14+. The predicted octanol–water partition coefficient (Wildman–Crippen LogP) is 2.98. The van der Waals surface area contributed by atoms with Gasteiger partial charge in [-0.1, -0.05) is 63.1 Å². The zero-order valence-electron chi connectivity index (χ0n) is 10.3. The van der Waals surface area contributed by atoms with E-state index in [-0.39, 0.29) is 12.2 Å². The molecule has 0 aromatic rings. The van der Waals surface area contributed by atoms with Crippen LogP contribution < -0.4 is 0 Å². The Balaban J connectivity index is 3.75. The lowest BCUT2D eigenvalue weighted by Gasteiger charge is -2.00. The molecule has 2 atom stereocenters. The number of hydrogen-bond donors (Lipinski definition) is 2. The van der Waals surface area contributed by atoms with Crippen LogP contribution in [-0.4, -0.2) is 22.4 Å². The van der Waals surface area contributed by atoms with Crippen LogP contribution in [0.4, 0.5) is 0 Å². The molecule has 0 heterocycles. The Morgan fingerprint density at radius 3 is 1.44 bits per heavy atom. The minimum atomic E-state index is -0.343. The number of allylic oxidation sites excluding steroid dienone is 4. The first-order valence-corrected chi connectivity index (χ1v) is 6.08. The molecule has 16 heavy (non-hydrogen) atoms. The Hall–Kier alpha value is -0.860. The molecular weight excluding hydrogens is 200 g/mol. The monoisotopic (exact) mass is 224 g/mol. The second-order valence-corrected chi connectivity index (χ2v) is 3.87. The number of hydrogen-bond acceptors (Lipinski definition) is 2. The van der Waals surface area contributed by atoms with Crippen molar-refractivity contribution in [2.45, 2.75) is 51.7 Å². The van der Waals surface area contributed by atoms with E-state index in [4.69, 9.17) is 0 Å². The first kappa shape index (κ1) is 15.1. The molecule has 0 aromatic heterocycles. The Morgan fingerprint density at radius 2 is 1.12 bits per heavy atom. The molecule has 0 aromatic carbocycles. The Labute approximate surface area is 99.0 Å². The van der Waals surface area contributed by atoms with Gasteiger partial charge in [-0.3, -0.25) is 0 Å². The topological polar surface area (TPSA) is 40.5 Å². The molecule has 2 nitrogen and oxygen atoms in total. The number of aliphatic hydroxyl groups is 2. The van der Waals surface area contributed by atoms with Crippen LogP contribution >= 0.6 is 0 Å². The van der Waals surface area contributed by atoms with Crippen LogP contribution in [0, 0.1) is 0 Å². The maximum atomic E-state index is 9.39. The minimum Gasteiger partial charge on any atom is -0.389 e. The van der Waals surface area contributed by atoms with Crippen molar-refractivity contribution in [1.82, 2.24) is 0 Å². The average molecular weight is 224 g/mol. The van der Waals surface area contributed by atoms with Gasteiger partial charge in [0.05, 0.1) is 12.2 Å². The predicted molar refractivity (Wildman–Crippen MR) is 69.2 cm³/mol. The zero-order valence-corrected chi connectivity index (χ0v) is 10.3. The largest absolute Gasteiger partial charge is 0.389 e. The summed E-state index contributed by atoms with van der Waals surface area (Å²) >= 11 is 0. The summed E-state index contributed by atoms with van der Waals surface area (Å²) in [4.78, 5) is 0. The van der Waals surface area contributed by atoms with E-state index in [0.29, 0.717) is 0 Å². The fraction of sp³-hybridized carbons (Fsp3) is 0.571. The molecule has 0 fully saturated rings. The van der Waals surface area contributed by atoms with Gasteiger partial charge in [0.2, 0.25) is 0 Å². The normalized spacial score (nSPS) is 16.5. The van der Waals surface area contributed by atoms with Crippen molar-refractivity contribution in [3.05, 3.63) is 36.5 Å². The van der Waals surface area contributed by atoms with Crippen molar-refractivity contribution in [2.24, 2.45) is 0 Å². The first-order valence-electron chi connectivity index (χ1n) is 6.08. The summed E-state index contributed by atoms with van der Waals surface area (Å²) in [6.07, 6.45) is 13.8. The third-order valence-electron chi connectivity index (χ3n) is 2.17. The molecule has 0 spiro atoms. The van der Waals surface area contributed by atoms with Crippen molar-refractivity contribution >= 4 is 0 Å². The van der Waals surface area contributed by atoms with Crippen LogP contribution in [0.15, 0.2) is 36.5 Å². The highest BCUT2D eigenvalue weighted by molar-refractivity contribution is 5.12. The minimum absolute atomic E-state index is 0.343. The second kappa shape index (κ2) is 10.7. The van der Waals surface area contributed by atoms with Gasteiger partial charge in [-0.25, -0.2) is 0 Å². The van der Waals surface area contributed by atoms with Crippen LogP contribution in [0.2, 0.25) is 0 Å². The van der Waals surface area contributed by atoms with Crippen LogP contribution in [0.5, 0.6) is 0 Å². The van der Waals surface area contributed by atoms with Crippen molar-refractivity contribution in [3.8, 4) is 0 Å². The van der Waals surface area contributed by atoms with Gasteiger partial charge in [-0.2, -0.15) is 0 Å². The van der Waals surface area contributed by atoms with Crippen LogP contribution in [-0.2, 0) is 0 Å². The van der Waals surface area contributed by atoms with E-state index in [1.54, 1.807) is 12.2 Å². The summed E-state index contributed by atoms with van der Waals surface area (Å²) in [5.41, 5.74) is 0. The lowest BCUT2D eigenvalue weighted by Crippen LogP contribution is -1.99. The van der Waals surface area contributed by atoms with Crippen LogP contribution in [0.25, 0.3) is 0 Å². The molecule has 92 valence electrons. The highest BCUT2D eigenvalue weighted by atomic mass is 16.3. The molecule has 0 aliphatic heterocycles. The molecule has 0 saturated carbocycles. The van der Waals surface area contributed by atoms with Crippen molar-refractivity contribution in [3.63, 3.8) is 0 Å². The summed E-state index contributed by atoms with van der Waals surface area (Å²) < 4.78 is 0. The highest BCUT2D eigenvalue weighted by Gasteiger charge is 1.94. The van der Waals surface area contributed by atoms with Gasteiger partial charge in [-0.15, -0.1) is 0 Å². The lowest BCUT2D eigenvalue weighted by molar-refractivity contribution is 0.211. The molecule has 0 aliphatic carbocycles. The SMILES string of the molecule is CCC[C@H](O)/C=C/C=C\C=C\[C@H](O)CCC. The summed E-state index contributed by atoms with van der Waals surface area (Å²) in [5.74, 6) is 0.